The van der Waals surface area contributed by atoms with Crippen molar-refractivity contribution in [1.82, 2.24) is 14.7 Å². The summed E-state index contributed by atoms with van der Waals surface area (Å²) in [6.07, 6.45) is 10.7. The zero-order valence-corrected chi connectivity index (χ0v) is 23.9. The smallest absolute Gasteiger partial charge is 0.247 e. The number of amides is 3. The molecular weight excluding hydrogens is 486 g/mol. The molecule has 3 saturated heterocycles. The first-order valence-corrected chi connectivity index (χ1v) is 15.0. The van der Waals surface area contributed by atoms with Crippen LogP contribution in [0.25, 0.3) is 0 Å². The fourth-order valence-electron chi connectivity index (χ4n) is 6.78. The summed E-state index contributed by atoms with van der Waals surface area (Å²) in [6, 6.07) is -0.558. The van der Waals surface area contributed by atoms with E-state index in [4.69, 9.17) is 5.11 Å². The fraction of sp³-hybridized carbons (Fsp3) is 0.759. The van der Waals surface area contributed by atoms with Gasteiger partial charge in [-0.25, -0.2) is 0 Å². The molecule has 37 heavy (non-hydrogen) atoms. The van der Waals surface area contributed by atoms with E-state index in [1.165, 1.54) is 0 Å². The molecule has 0 aromatic heterocycles. The van der Waals surface area contributed by atoms with Gasteiger partial charge in [-0.1, -0.05) is 51.7 Å². The Morgan fingerprint density at radius 1 is 1.11 bits per heavy atom. The van der Waals surface area contributed by atoms with Crippen LogP contribution in [0.5, 0.6) is 0 Å². The molecule has 3 rings (SSSR count). The molecule has 3 aliphatic heterocycles. The van der Waals surface area contributed by atoms with Gasteiger partial charge in [0.05, 0.1) is 16.6 Å². The molecular formula is C29H47N3O4S. The van der Waals surface area contributed by atoms with E-state index < -0.39 is 22.6 Å². The van der Waals surface area contributed by atoms with E-state index >= 15 is 0 Å². The normalized spacial score (nSPS) is 29.9. The van der Waals surface area contributed by atoms with Gasteiger partial charge in [-0.2, -0.15) is 0 Å². The highest BCUT2D eigenvalue weighted by molar-refractivity contribution is 8.02. The van der Waals surface area contributed by atoms with E-state index in [9.17, 15) is 14.4 Å². The van der Waals surface area contributed by atoms with E-state index in [2.05, 4.69) is 27.0 Å². The van der Waals surface area contributed by atoms with Crippen molar-refractivity contribution in [2.75, 3.05) is 39.8 Å². The van der Waals surface area contributed by atoms with Crippen molar-refractivity contribution in [3.05, 3.63) is 25.3 Å². The topological polar surface area (TPSA) is 81.2 Å². The second kappa shape index (κ2) is 13.3. The van der Waals surface area contributed by atoms with E-state index in [0.29, 0.717) is 26.2 Å². The highest BCUT2D eigenvalue weighted by Gasteiger charge is 2.76. The lowest BCUT2D eigenvalue weighted by Gasteiger charge is -2.41. The van der Waals surface area contributed by atoms with Gasteiger partial charge in [0.1, 0.15) is 6.04 Å². The van der Waals surface area contributed by atoms with Crippen LogP contribution in [0.4, 0.5) is 0 Å². The third-order valence-electron chi connectivity index (χ3n) is 8.54. The number of hydrogen-bond donors (Lipinski definition) is 1. The number of aliphatic hydroxyl groups is 1. The van der Waals surface area contributed by atoms with Crippen LogP contribution in [0.15, 0.2) is 25.3 Å². The summed E-state index contributed by atoms with van der Waals surface area (Å²) in [6.45, 7) is 14.2. The fourth-order valence-corrected chi connectivity index (χ4v) is 9.19. The van der Waals surface area contributed by atoms with Gasteiger partial charge in [0, 0.05) is 45.1 Å². The second-order valence-corrected chi connectivity index (χ2v) is 12.6. The lowest BCUT2D eigenvalue weighted by atomic mass is 9.65. The van der Waals surface area contributed by atoms with E-state index in [-0.39, 0.29) is 35.5 Å². The Balaban J connectivity index is 1.97. The molecule has 3 heterocycles. The van der Waals surface area contributed by atoms with Gasteiger partial charge in [-0.15, -0.1) is 24.9 Å². The largest absolute Gasteiger partial charge is 0.396 e. The van der Waals surface area contributed by atoms with Gasteiger partial charge in [-0.3, -0.25) is 14.4 Å². The minimum Gasteiger partial charge on any atom is -0.396 e. The second-order valence-electron chi connectivity index (χ2n) is 11.0. The summed E-state index contributed by atoms with van der Waals surface area (Å²) in [4.78, 5) is 47.5. The quantitative estimate of drug-likeness (QED) is 0.242. The highest BCUT2D eigenvalue weighted by Crippen LogP contribution is 2.68. The molecule has 0 aliphatic carbocycles. The number of likely N-dealkylation sites (N-methyl/N-ethyl adjacent to an activating group) is 1. The molecule has 3 aliphatic rings. The first-order valence-electron chi connectivity index (χ1n) is 14.1. The summed E-state index contributed by atoms with van der Waals surface area (Å²) < 4.78 is -0.580. The number of likely N-dealkylation sites (tertiary alicyclic amines) is 1. The number of rotatable bonds is 16. The minimum absolute atomic E-state index is 0.00795. The van der Waals surface area contributed by atoms with Gasteiger partial charge in [-0.05, 0) is 31.6 Å². The third-order valence-corrected chi connectivity index (χ3v) is 10.6. The molecule has 208 valence electrons. The predicted molar refractivity (Wildman–Crippen MR) is 150 cm³/mol. The molecule has 3 amide bonds. The number of fused-ring (bicyclic) bond motifs is 1. The van der Waals surface area contributed by atoms with Crippen molar-refractivity contribution in [1.29, 1.82) is 0 Å². The maximum Gasteiger partial charge on any atom is 0.247 e. The van der Waals surface area contributed by atoms with Crippen LogP contribution >= 0.6 is 11.8 Å². The summed E-state index contributed by atoms with van der Waals surface area (Å²) in [5.74, 6) is -0.736. The molecule has 7 nitrogen and oxygen atoms in total. The van der Waals surface area contributed by atoms with Crippen LogP contribution in [-0.4, -0.2) is 93.4 Å². The minimum atomic E-state index is -0.580. The first kappa shape index (κ1) is 29.8. The maximum atomic E-state index is 14.3. The zero-order chi connectivity index (χ0) is 27.2. The van der Waals surface area contributed by atoms with Crippen molar-refractivity contribution in [2.45, 2.75) is 81.3 Å². The van der Waals surface area contributed by atoms with Crippen LogP contribution in [0.2, 0.25) is 0 Å². The van der Waals surface area contributed by atoms with Crippen molar-refractivity contribution in [3.8, 4) is 0 Å². The first-order chi connectivity index (χ1) is 17.8. The van der Waals surface area contributed by atoms with Gasteiger partial charge in [0.15, 0.2) is 0 Å². The van der Waals surface area contributed by atoms with E-state index in [0.717, 1.165) is 51.4 Å². The van der Waals surface area contributed by atoms with Crippen LogP contribution < -0.4 is 0 Å². The number of unbranched alkanes of at least 4 members (excludes halogenated alkanes) is 5. The number of carbonyl (C=O) groups is 3. The Morgan fingerprint density at radius 3 is 2.46 bits per heavy atom. The summed E-state index contributed by atoms with van der Waals surface area (Å²) in [5.41, 5.74) is 0. The van der Waals surface area contributed by atoms with Crippen LogP contribution in [0.3, 0.4) is 0 Å². The number of thioether (sulfide) groups is 1. The monoisotopic (exact) mass is 533 g/mol. The third kappa shape index (κ3) is 5.65. The van der Waals surface area contributed by atoms with Crippen LogP contribution in [0, 0.1) is 17.8 Å². The molecule has 0 aromatic rings. The molecule has 1 N–H and O–H groups in total. The Labute approximate surface area is 227 Å². The SMILES string of the molecule is C=CCN(C)C(=O)[C@@H]1[C@H]2C(=O)N(CCCCCCO)C(C(=O)N(CC=C)CCCCC)C23S[C@@H]1CC3C. The average molecular weight is 534 g/mol. The van der Waals surface area contributed by atoms with E-state index in [1.54, 1.807) is 35.9 Å². The molecule has 3 fully saturated rings. The molecule has 0 radical (unpaired) electrons. The molecule has 0 aromatic carbocycles. The number of carbonyl (C=O) groups excluding carboxylic acids is 3. The number of aliphatic hydroxyl groups excluding tert-OH is 1. The lowest BCUT2D eigenvalue weighted by molar-refractivity contribution is -0.144. The Morgan fingerprint density at radius 2 is 1.81 bits per heavy atom. The van der Waals surface area contributed by atoms with Gasteiger partial charge in [0.2, 0.25) is 17.7 Å². The predicted octanol–water partition coefficient (Wildman–Crippen LogP) is 3.73. The summed E-state index contributed by atoms with van der Waals surface area (Å²) >= 11 is 1.74. The number of nitrogens with zero attached hydrogens (tertiary/aromatic N) is 3. The summed E-state index contributed by atoms with van der Waals surface area (Å²) in [7, 11) is 1.78. The van der Waals surface area contributed by atoms with Gasteiger partial charge >= 0.3 is 0 Å². The van der Waals surface area contributed by atoms with Crippen LogP contribution in [0.1, 0.15) is 65.2 Å². The Hall–Kier alpha value is -1.80. The lowest BCUT2D eigenvalue weighted by Crippen LogP contribution is -2.57. The van der Waals surface area contributed by atoms with Crippen molar-refractivity contribution in [2.24, 2.45) is 17.8 Å². The zero-order valence-electron chi connectivity index (χ0n) is 23.1. The van der Waals surface area contributed by atoms with Gasteiger partial charge < -0.3 is 19.8 Å². The molecule has 6 atom stereocenters. The Bertz CT molecular complexity index is 851. The summed E-state index contributed by atoms with van der Waals surface area (Å²) in [5, 5.41) is 9.19. The average Bonchev–Trinajstić information content (AvgIpc) is 3.46. The molecule has 1 spiro atoms. The maximum absolute atomic E-state index is 14.3. The Kier molecular flexibility index (Phi) is 10.7. The number of hydrogen-bond acceptors (Lipinski definition) is 5. The van der Waals surface area contributed by atoms with Crippen molar-refractivity contribution in [3.63, 3.8) is 0 Å². The molecule has 8 heteroatoms. The molecule has 3 unspecified atom stereocenters. The van der Waals surface area contributed by atoms with E-state index in [1.807, 2.05) is 9.80 Å². The highest BCUT2D eigenvalue weighted by atomic mass is 32.2. The van der Waals surface area contributed by atoms with Crippen molar-refractivity contribution >= 4 is 29.5 Å². The van der Waals surface area contributed by atoms with Crippen molar-refractivity contribution < 1.29 is 19.5 Å². The van der Waals surface area contributed by atoms with Crippen LogP contribution in [-0.2, 0) is 14.4 Å². The molecule has 0 saturated carbocycles. The van der Waals surface area contributed by atoms with Gasteiger partial charge in [0.25, 0.3) is 0 Å². The standard InChI is InChI=1S/C29H47N3O4S/c1-6-9-12-17-31(16-8-3)28(36)25-29-21(4)20-22(37-29)23(26(34)30(5)15-7-2)24(29)27(35)32(25)18-13-10-11-14-19-33/h7-8,21-25,33H,2-3,6,9-20H2,1,4-5H3/t21?,22-,23+,24+,25?,29?/m1/s1. The molecule has 2 bridgehead atoms.